The number of hydrogen-bond acceptors (Lipinski definition) is 5. The Labute approximate surface area is 172 Å². The van der Waals surface area contributed by atoms with Crippen LogP contribution in [0.4, 0.5) is 11.5 Å². The lowest BCUT2D eigenvalue weighted by Gasteiger charge is -2.35. The molecule has 1 aliphatic heterocycles. The molecular formula is C19H23Cl2N5O. The van der Waals surface area contributed by atoms with Crippen molar-refractivity contribution in [3.05, 3.63) is 54.2 Å². The van der Waals surface area contributed by atoms with Crippen LogP contribution in [0.5, 0.6) is 0 Å². The molecule has 1 saturated heterocycles. The second kappa shape index (κ2) is 11.4. The van der Waals surface area contributed by atoms with Gasteiger partial charge in [-0.15, -0.1) is 24.8 Å². The first-order chi connectivity index (χ1) is 12.2. The second-order valence-corrected chi connectivity index (χ2v) is 6.00. The molecule has 1 fully saturated rings. The number of rotatable bonds is 5. The maximum atomic E-state index is 12.1. The highest BCUT2D eigenvalue weighted by molar-refractivity contribution is 5.90. The van der Waals surface area contributed by atoms with Crippen LogP contribution in [-0.2, 0) is 4.79 Å². The summed E-state index contributed by atoms with van der Waals surface area (Å²) in [6.45, 7) is 4.46. The van der Waals surface area contributed by atoms with Crippen LogP contribution >= 0.6 is 24.8 Å². The molecule has 0 unspecified atom stereocenters. The first kappa shape index (κ1) is 22.7. The van der Waals surface area contributed by atoms with E-state index in [-0.39, 0.29) is 30.7 Å². The Balaban J connectivity index is 0.00000182. The van der Waals surface area contributed by atoms with E-state index in [9.17, 15) is 4.79 Å². The van der Waals surface area contributed by atoms with Gasteiger partial charge in [-0.25, -0.2) is 4.98 Å². The minimum Gasteiger partial charge on any atom is -0.354 e. The number of piperazine rings is 1. The lowest BCUT2D eigenvalue weighted by Crippen LogP contribution is -2.47. The smallest absolute Gasteiger partial charge is 0.225 e. The first-order valence-corrected chi connectivity index (χ1v) is 8.43. The van der Waals surface area contributed by atoms with Crippen molar-refractivity contribution in [3.8, 4) is 6.07 Å². The van der Waals surface area contributed by atoms with Gasteiger partial charge in [-0.1, -0.05) is 6.07 Å². The molecule has 0 saturated carbocycles. The van der Waals surface area contributed by atoms with Gasteiger partial charge in [0, 0.05) is 51.0 Å². The van der Waals surface area contributed by atoms with Crippen molar-refractivity contribution in [2.75, 3.05) is 42.9 Å². The zero-order valence-electron chi connectivity index (χ0n) is 14.9. The molecule has 1 amide bonds. The summed E-state index contributed by atoms with van der Waals surface area (Å²) in [7, 11) is 0. The van der Waals surface area contributed by atoms with Gasteiger partial charge >= 0.3 is 0 Å². The number of nitrogens with one attached hydrogen (secondary N) is 1. The maximum absolute atomic E-state index is 12.1. The summed E-state index contributed by atoms with van der Waals surface area (Å²) >= 11 is 0. The Morgan fingerprint density at radius 2 is 1.78 bits per heavy atom. The molecule has 1 aromatic carbocycles. The Bertz CT molecular complexity index is 741. The Kier molecular flexibility index (Phi) is 9.59. The van der Waals surface area contributed by atoms with Crippen molar-refractivity contribution in [1.29, 1.82) is 5.26 Å². The number of nitrogens with zero attached hydrogens (tertiary/aromatic N) is 4. The van der Waals surface area contributed by atoms with Crippen molar-refractivity contribution >= 4 is 42.2 Å². The molecule has 0 bridgehead atoms. The highest BCUT2D eigenvalue weighted by atomic mass is 35.5. The fraction of sp³-hybridized carbons (Fsp3) is 0.316. The summed E-state index contributed by atoms with van der Waals surface area (Å²) in [5, 5.41) is 11.7. The zero-order valence-corrected chi connectivity index (χ0v) is 16.5. The van der Waals surface area contributed by atoms with Crippen molar-refractivity contribution in [1.82, 2.24) is 9.88 Å². The number of carbonyl (C=O) groups excluding carboxylic acids is 1. The van der Waals surface area contributed by atoms with E-state index < -0.39 is 0 Å². The first-order valence-electron chi connectivity index (χ1n) is 8.43. The minimum atomic E-state index is -0.00290. The average Bonchev–Trinajstić information content (AvgIpc) is 2.68. The van der Waals surface area contributed by atoms with Gasteiger partial charge in [0.2, 0.25) is 5.91 Å². The topological polar surface area (TPSA) is 72.3 Å². The van der Waals surface area contributed by atoms with Gasteiger partial charge in [-0.3, -0.25) is 9.69 Å². The molecular weight excluding hydrogens is 385 g/mol. The Morgan fingerprint density at radius 1 is 1.07 bits per heavy atom. The van der Waals surface area contributed by atoms with E-state index >= 15 is 0 Å². The van der Waals surface area contributed by atoms with Crippen molar-refractivity contribution < 1.29 is 4.79 Å². The normalized spacial score (nSPS) is 13.7. The van der Waals surface area contributed by atoms with E-state index in [1.54, 1.807) is 24.3 Å². The Hall–Kier alpha value is -2.33. The van der Waals surface area contributed by atoms with E-state index in [1.165, 1.54) is 0 Å². The molecule has 1 aliphatic rings. The molecule has 2 aromatic rings. The molecule has 3 rings (SSSR count). The highest BCUT2D eigenvalue weighted by Crippen LogP contribution is 2.13. The van der Waals surface area contributed by atoms with Gasteiger partial charge in [0.05, 0.1) is 11.6 Å². The maximum Gasteiger partial charge on any atom is 0.225 e. The fourth-order valence-corrected chi connectivity index (χ4v) is 2.85. The number of hydrogen-bond donors (Lipinski definition) is 1. The van der Waals surface area contributed by atoms with Crippen LogP contribution in [0.2, 0.25) is 0 Å². The van der Waals surface area contributed by atoms with E-state index in [0.29, 0.717) is 12.0 Å². The number of aromatic nitrogens is 1. The van der Waals surface area contributed by atoms with Crippen LogP contribution < -0.4 is 10.2 Å². The van der Waals surface area contributed by atoms with Crippen molar-refractivity contribution in [2.45, 2.75) is 6.42 Å². The summed E-state index contributed by atoms with van der Waals surface area (Å²) in [6.07, 6.45) is 2.28. The third-order valence-corrected chi connectivity index (χ3v) is 4.30. The van der Waals surface area contributed by atoms with Crippen molar-refractivity contribution in [2.24, 2.45) is 0 Å². The number of pyridine rings is 1. The number of anilines is 2. The number of nitriles is 1. The van der Waals surface area contributed by atoms with E-state index in [4.69, 9.17) is 5.26 Å². The molecule has 27 heavy (non-hydrogen) atoms. The second-order valence-electron chi connectivity index (χ2n) is 6.00. The fourth-order valence-electron chi connectivity index (χ4n) is 2.85. The number of benzene rings is 1. The van der Waals surface area contributed by atoms with Gasteiger partial charge in [0.1, 0.15) is 5.82 Å². The minimum absolute atomic E-state index is 0. The third kappa shape index (κ3) is 6.72. The lowest BCUT2D eigenvalue weighted by molar-refractivity contribution is -0.116. The van der Waals surface area contributed by atoms with Gasteiger partial charge < -0.3 is 10.2 Å². The molecule has 0 atom stereocenters. The molecule has 0 aliphatic carbocycles. The van der Waals surface area contributed by atoms with Crippen LogP contribution in [0.3, 0.4) is 0 Å². The monoisotopic (exact) mass is 407 g/mol. The number of amides is 1. The standard InChI is InChI=1S/C19H21N5O.2ClH/c20-15-16-4-6-17(7-5-16)22-19(25)8-10-23-11-13-24(14-12-23)18-3-1-2-9-21-18;;/h1-7,9H,8,10-14H2,(H,22,25);2*1H. The molecule has 1 N–H and O–H groups in total. The van der Waals surface area contributed by atoms with E-state index in [0.717, 1.165) is 44.2 Å². The molecule has 1 aromatic heterocycles. The SMILES string of the molecule is Cl.Cl.N#Cc1ccc(NC(=O)CCN2CCN(c3ccccn3)CC2)cc1. The van der Waals surface area contributed by atoms with Crippen molar-refractivity contribution in [3.63, 3.8) is 0 Å². The average molecular weight is 408 g/mol. The predicted octanol–water partition coefficient (Wildman–Crippen LogP) is 2.95. The van der Waals surface area contributed by atoms with Gasteiger partial charge in [0.25, 0.3) is 0 Å². The van der Waals surface area contributed by atoms with Gasteiger partial charge in [-0.05, 0) is 36.4 Å². The van der Waals surface area contributed by atoms with Gasteiger partial charge in [0.15, 0.2) is 0 Å². The third-order valence-electron chi connectivity index (χ3n) is 4.30. The molecule has 8 heteroatoms. The summed E-state index contributed by atoms with van der Waals surface area (Å²) in [6, 6.07) is 14.9. The van der Waals surface area contributed by atoms with Crippen LogP contribution in [-0.4, -0.2) is 48.5 Å². The van der Waals surface area contributed by atoms with Crippen LogP contribution in [0.25, 0.3) is 0 Å². The summed E-state index contributed by atoms with van der Waals surface area (Å²) in [5.41, 5.74) is 1.31. The molecule has 0 radical (unpaired) electrons. The number of halogens is 2. The summed E-state index contributed by atoms with van der Waals surface area (Å²) < 4.78 is 0. The molecule has 144 valence electrons. The van der Waals surface area contributed by atoms with E-state index in [1.807, 2.05) is 24.4 Å². The lowest BCUT2D eigenvalue weighted by atomic mass is 10.2. The highest BCUT2D eigenvalue weighted by Gasteiger charge is 2.18. The summed E-state index contributed by atoms with van der Waals surface area (Å²) in [5.74, 6) is 1.01. The van der Waals surface area contributed by atoms with Crippen LogP contribution in [0.15, 0.2) is 48.7 Å². The molecule has 2 heterocycles. The molecule has 6 nitrogen and oxygen atoms in total. The number of carbonyl (C=O) groups is 1. The predicted molar refractivity (Wildman–Crippen MR) is 112 cm³/mol. The largest absolute Gasteiger partial charge is 0.354 e. The van der Waals surface area contributed by atoms with Gasteiger partial charge in [-0.2, -0.15) is 5.26 Å². The molecule has 0 spiro atoms. The van der Waals surface area contributed by atoms with Crippen LogP contribution in [0.1, 0.15) is 12.0 Å². The Morgan fingerprint density at radius 3 is 2.37 bits per heavy atom. The van der Waals surface area contributed by atoms with Crippen LogP contribution in [0, 0.1) is 11.3 Å². The summed E-state index contributed by atoms with van der Waals surface area (Å²) in [4.78, 5) is 21.0. The zero-order chi connectivity index (χ0) is 17.5. The quantitative estimate of drug-likeness (QED) is 0.824. The van der Waals surface area contributed by atoms with E-state index in [2.05, 4.69) is 26.2 Å².